The van der Waals surface area contributed by atoms with E-state index in [-0.39, 0.29) is 22.6 Å². The Morgan fingerprint density at radius 1 is 0.567 bits per heavy atom. The molecule has 2 saturated heterocycles. The van der Waals surface area contributed by atoms with E-state index in [4.69, 9.17) is 18.9 Å². The third-order valence-electron chi connectivity index (χ3n) is 11.2. The molecule has 24 heteroatoms. The van der Waals surface area contributed by atoms with Gasteiger partial charge in [0.25, 0.3) is 11.6 Å². The number of allylic oxidation sites excluding steroid dienone is 3. The lowest BCUT2D eigenvalue weighted by Gasteiger charge is -2.43. The van der Waals surface area contributed by atoms with Gasteiger partial charge in [0.05, 0.1) is 19.1 Å². The number of aliphatic hydroxyl groups is 13. The number of hydrogen-bond donors (Lipinski definition) is 15. The zero-order valence-corrected chi connectivity index (χ0v) is 34.3. The number of phenolic OH excluding ortho intramolecular Hbond substituents is 2. The monoisotopic (exact) mass is 944 g/mol. The van der Waals surface area contributed by atoms with Crippen molar-refractivity contribution < 1.29 is 120 Å². The van der Waals surface area contributed by atoms with Crippen LogP contribution in [0, 0.1) is 5.92 Å². The summed E-state index contributed by atoms with van der Waals surface area (Å²) in [7, 11) is 0. The van der Waals surface area contributed by atoms with Gasteiger partial charge in [-0.25, -0.2) is 0 Å². The second-order valence-corrected chi connectivity index (χ2v) is 15.6. The number of ether oxygens (including phenoxy) is 4. The van der Waals surface area contributed by atoms with E-state index in [1.54, 1.807) is 0 Å². The van der Waals surface area contributed by atoms with Crippen LogP contribution >= 0.6 is 0 Å². The lowest BCUT2D eigenvalue weighted by Crippen LogP contribution is -2.66. The summed E-state index contributed by atoms with van der Waals surface area (Å²) in [6.07, 6.45) is -20.1. The predicted molar refractivity (Wildman–Crippen MR) is 216 cm³/mol. The number of Topliss-reactive ketones (excluding diaryl/α,β-unsaturated/α-hetero) is 5. The summed E-state index contributed by atoms with van der Waals surface area (Å²) in [6, 6.07) is 10.1. The molecule has 0 spiro atoms. The lowest BCUT2D eigenvalue weighted by atomic mass is 9.72. The largest absolute Gasteiger partial charge is 0.508 e. The Bertz CT molecular complexity index is 2430. The molecule has 6 rings (SSSR count). The Labute approximate surface area is 376 Å². The van der Waals surface area contributed by atoms with E-state index in [0.717, 1.165) is 18.2 Å². The fraction of sp³-hybridized carbons (Fsp3) is 0.372. The first kappa shape index (κ1) is 50.3. The van der Waals surface area contributed by atoms with E-state index in [1.807, 2.05) is 0 Å². The van der Waals surface area contributed by atoms with Crippen molar-refractivity contribution in [1.82, 2.24) is 0 Å². The summed E-state index contributed by atoms with van der Waals surface area (Å²) in [5, 5.41) is 159. The topological polar surface area (TPSA) is 426 Å². The molecule has 2 aliphatic heterocycles. The van der Waals surface area contributed by atoms with Crippen molar-refractivity contribution in [3.8, 4) is 11.5 Å². The number of aromatic hydroxyl groups is 2. The number of carbonyl (C=O) groups excluding carboxylic acids is 5. The van der Waals surface area contributed by atoms with Crippen LogP contribution in [0.1, 0.15) is 17.5 Å². The van der Waals surface area contributed by atoms with Crippen LogP contribution in [0.5, 0.6) is 11.5 Å². The minimum Gasteiger partial charge on any atom is -0.508 e. The predicted octanol–water partition coefficient (Wildman–Crippen LogP) is -3.85. The Kier molecular flexibility index (Phi) is 14.8. The smallest absolute Gasteiger partial charge is 0.299 e. The average molecular weight is 945 g/mol. The standard InChI is InChI=1S/C43H44O24/c44-14-24-30(52)32(54)34(56)40(64-24)66-42(62)36(58)20(28(50)26(38(42)60)22(48)11-5-16-1-7-18(46)8-2-16)13-21-29(51)27(23(49)12-6-17-3-9-19(47)10-4-17)39(61)43(63,37(21)59)67-41-35(57)33(55)31(53)25(15-45)65-41/h1-12,20,24-25,30-35,40-41,44-49,51-57,62-63H,13-15H2/b11-5+,12-6+,26-22?,27-23?/t20-,24-,25-,30-,31-,32+,33+,34-,35-,40+,41+,42-,43-/m1/s1. The van der Waals surface area contributed by atoms with Crippen LogP contribution in [0.2, 0.25) is 0 Å². The highest BCUT2D eigenvalue weighted by atomic mass is 16.8. The van der Waals surface area contributed by atoms with Gasteiger partial charge in [-0.2, -0.15) is 0 Å². The number of carbonyl (C=O) groups is 5. The molecule has 0 aromatic heterocycles. The molecule has 360 valence electrons. The SMILES string of the molecule is O=C1C(=C(O)/C=C/c2ccc(O)cc2)C(=O)[C@](O)(O[C@@H]2O[C@H](CO)[C@@H](O)[C@H](O)[C@H]2O)C(=O)[C@@H]1CC1=C(O)C(=C(O)/C=C/c2ccc(O)cc2)C(=O)[C@](O)(O[C@@H]2O[C@H](CO)[C@@H](O)[C@H](O)[C@H]2O)C1=O. The van der Waals surface area contributed by atoms with Gasteiger partial charge in [0, 0.05) is 5.57 Å². The normalized spacial score (nSPS) is 35.8. The molecule has 1 saturated carbocycles. The third-order valence-corrected chi connectivity index (χ3v) is 11.2. The minimum absolute atomic E-state index is 0.181. The summed E-state index contributed by atoms with van der Waals surface area (Å²) < 4.78 is 20.8. The van der Waals surface area contributed by atoms with Crippen LogP contribution in [0.3, 0.4) is 0 Å². The van der Waals surface area contributed by atoms with Crippen LogP contribution in [0.4, 0.5) is 0 Å². The summed E-state index contributed by atoms with van der Waals surface area (Å²) in [5.41, 5.74) is -3.85. The Hall–Kier alpha value is -6.07. The maximum Gasteiger partial charge on any atom is 0.299 e. The summed E-state index contributed by atoms with van der Waals surface area (Å²) >= 11 is 0. The molecule has 67 heavy (non-hydrogen) atoms. The Morgan fingerprint density at radius 3 is 1.40 bits per heavy atom. The van der Waals surface area contributed by atoms with Crippen molar-refractivity contribution in [2.24, 2.45) is 5.92 Å². The average Bonchev–Trinajstić information content (AvgIpc) is 3.30. The van der Waals surface area contributed by atoms with Gasteiger partial charge in [-0.3, -0.25) is 24.0 Å². The van der Waals surface area contributed by atoms with E-state index < -0.39 is 161 Å². The van der Waals surface area contributed by atoms with Crippen molar-refractivity contribution in [1.29, 1.82) is 0 Å². The second kappa shape index (κ2) is 19.6. The van der Waals surface area contributed by atoms with Gasteiger partial charge in [0.15, 0.2) is 18.4 Å². The molecule has 15 N–H and O–H groups in total. The van der Waals surface area contributed by atoms with Crippen molar-refractivity contribution in [3.63, 3.8) is 0 Å². The first-order chi connectivity index (χ1) is 31.5. The molecular formula is C43H44O24. The second-order valence-electron chi connectivity index (χ2n) is 15.6. The first-order valence-corrected chi connectivity index (χ1v) is 19.9. The van der Waals surface area contributed by atoms with Crippen LogP contribution in [0.15, 0.2) is 94.7 Å². The number of aliphatic hydroxyl groups excluding tert-OH is 11. The lowest BCUT2D eigenvalue weighted by molar-refractivity contribution is -0.343. The van der Waals surface area contributed by atoms with Gasteiger partial charge in [0.1, 0.15) is 88.8 Å². The number of phenols is 2. The van der Waals surface area contributed by atoms with Crippen molar-refractivity contribution in [3.05, 3.63) is 106 Å². The fourth-order valence-corrected chi connectivity index (χ4v) is 7.40. The van der Waals surface area contributed by atoms with E-state index in [0.29, 0.717) is 6.08 Å². The highest BCUT2D eigenvalue weighted by molar-refractivity contribution is 6.38. The van der Waals surface area contributed by atoms with Gasteiger partial charge in [-0.1, -0.05) is 36.4 Å². The molecule has 2 aliphatic carbocycles. The number of hydrogen-bond acceptors (Lipinski definition) is 24. The molecule has 24 nitrogen and oxygen atoms in total. The molecule has 13 atom stereocenters. The van der Waals surface area contributed by atoms with Crippen LogP contribution in [-0.4, -0.2) is 192 Å². The van der Waals surface area contributed by atoms with Crippen molar-refractivity contribution in [2.45, 2.75) is 79.4 Å². The van der Waals surface area contributed by atoms with E-state index in [9.17, 15) is 101 Å². The van der Waals surface area contributed by atoms with E-state index in [1.165, 1.54) is 48.5 Å². The Morgan fingerprint density at radius 2 is 0.970 bits per heavy atom. The highest BCUT2D eigenvalue weighted by Crippen LogP contribution is 2.42. The molecule has 2 aromatic rings. The quantitative estimate of drug-likeness (QED) is 0.0318. The zero-order chi connectivity index (χ0) is 49.4. The van der Waals surface area contributed by atoms with Gasteiger partial charge in [0.2, 0.25) is 23.1 Å². The zero-order valence-electron chi connectivity index (χ0n) is 34.3. The van der Waals surface area contributed by atoms with Crippen LogP contribution < -0.4 is 0 Å². The van der Waals surface area contributed by atoms with Gasteiger partial charge in [-0.15, -0.1) is 0 Å². The third kappa shape index (κ3) is 9.44. The molecule has 0 unspecified atom stereocenters. The number of benzene rings is 2. The molecule has 4 aliphatic rings. The van der Waals surface area contributed by atoms with E-state index in [2.05, 4.69) is 0 Å². The molecule has 3 fully saturated rings. The summed E-state index contributed by atoms with van der Waals surface area (Å²) in [6.45, 7) is -2.17. The van der Waals surface area contributed by atoms with Crippen molar-refractivity contribution in [2.75, 3.05) is 13.2 Å². The minimum atomic E-state index is -4.10. The first-order valence-electron chi connectivity index (χ1n) is 19.9. The van der Waals surface area contributed by atoms with Gasteiger partial charge in [-0.05, 0) is 54.0 Å². The molecule has 2 heterocycles. The van der Waals surface area contributed by atoms with Gasteiger partial charge >= 0.3 is 0 Å². The van der Waals surface area contributed by atoms with Crippen LogP contribution in [0.25, 0.3) is 12.2 Å². The molecule has 0 bridgehead atoms. The number of ketones is 5. The summed E-state index contributed by atoms with van der Waals surface area (Å²) in [4.78, 5) is 71.2. The maximum absolute atomic E-state index is 14.4. The van der Waals surface area contributed by atoms with Gasteiger partial charge < -0.3 is 95.5 Å². The number of rotatable bonds is 12. The van der Waals surface area contributed by atoms with Crippen molar-refractivity contribution >= 4 is 41.1 Å². The fourth-order valence-electron chi connectivity index (χ4n) is 7.40. The molecular weight excluding hydrogens is 900 g/mol. The van der Waals surface area contributed by atoms with E-state index >= 15 is 0 Å². The van der Waals surface area contributed by atoms with Crippen LogP contribution in [-0.2, 0) is 42.9 Å². The maximum atomic E-state index is 14.4. The molecule has 0 amide bonds. The summed E-state index contributed by atoms with van der Waals surface area (Å²) in [5.74, 6) is -25.5. The molecule has 2 aromatic carbocycles. The Balaban J connectivity index is 1.50. The molecule has 0 radical (unpaired) electrons. The highest BCUT2D eigenvalue weighted by Gasteiger charge is 2.64.